The molecule has 0 aliphatic carbocycles. The van der Waals surface area contributed by atoms with Crippen LogP contribution in [0.1, 0.15) is 25.0 Å². The van der Waals surface area contributed by atoms with Gasteiger partial charge in [0.1, 0.15) is 0 Å². The minimum Gasteiger partial charge on any atom is -0.368 e. The molecule has 0 heterocycles. The zero-order valence-corrected chi connectivity index (χ0v) is 9.66. The Bertz CT molecular complexity index is 293. The van der Waals surface area contributed by atoms with Gasteiger partial charge in [-0.3, -0.25) is 4.79 Å². The van der Waals surface area contributed by atoms with Crippen LogP contribution in [0.2, 0.25) is 0 Å². The highest BCUT2D eigenvalue weighted by Gasteiger charge is 2.09. The number of benzene rings is 1. The fourth-order valence-electron chi connectivity index (χ4n) is 1.08. The zero-order chi connectivity index (χ0) is 11.8. The molecular weight excluding hydrogens is 188 g/mol. The lowest BCUT2D eigenvalue weighted by molar-refractivity contribution is -0.119. The molecule has 0 fully saturated rings. The van der Waals surface area contributed by atoms with Gasteiger partial charge in [-0.05, 0) is 18.9 Å². The van der Waals surface area contributed by atoms with Gasteiger partial charge in [0.05, 0.1) is 6.04 Å². The fraction of sp³-hybridized carbons (Fsp3) is 0.417. The molecule has 1 rings (SSSR count). The monoisotopic (exact) mass is 208 g/mol. The molecule has 4 N–H and O–H groups in total. The Balaban J connectivity index is 0.000000921. The van der Waals surface area contributed by atoms with Crippen LogP contribution in [0.25, 0.3) is 0 Å². The lowest BCUT2D eigenvalue weighted by Gasteiger charge is -2.06. The Hall–Kier alpha value is -1.35. The summed E-state index contributed by atoms with van der Waals surface area (Å²) >= 11 is 0. The van der Waals surface area contributed by atoms with Gasteiger partial charge < -0.3 is 11.5 Å². The Labute approximate surface area is 91.5 Å². The lowest BCUT2D eigenvalue weighted by atomic mass is 10.1. The highest BCUT2D eigenvalue weighted by Crippen LogP contribution is 2.04. The van der Waals surface area contributed by atoms with Gasteiger partial charge in [-0.15, -0.1) is 0 Å². The zero-order valence-electron chi connectivity index (χ0n) is 9.66. The van der Waals surface area contributed by atoms with Gasteiger partial charge in [-0.25, -0.2) is 0 Å². The highest BCUT2D eigenvalue weighted by molar-refractivity contribution is 5.79. The van der Waals surface area contributed by atoms with Crippen molar-refractivity contribution in [2.24, 2.45) is 11.5 Å². The highest BCUT2D eigenvalue weighted by atomic mass is 16.1. The maximum Gasteiger partial charge on any atom is 0.234 e. The van der Waals surface area contributed by atoms with Crippen molar-refractivity contribution in [1.29, 1.82) is 0 Å². The number of aryl methyl sites for hydroxylation is 1. The van der Waals surface area contributed by atoms with E-state index in [2.05, 4.69) is 0 Å². The number of hydrogen-bond donors (Lipinski definition) is 2. The molecular formula is C12H20N2O. The molecule has 1 aromatic rings. The molecule has 1 aromatic carbocycles. The maximum absolute atomic E-state index is 10.7. The molecule has 0 saturated heterocycles. The minimum absolute atomic E-state index is 0.458. The topological polar surface area (TPSA) is 69.1 Å². The van der Waals surface area contributed by atoms with Crippen LogP contribution in [-0.2, 0) is 11.2 Å². The van der Waals surface area contributed by atoms with Crippen molar-refractivity contribution in [3.8, 4) is 0 Å². The van der Waals surface area contributed by atoms with Gasteiger partial charge in [0, 0.05) is 0 Å². The van der Waals surface area contributed by atoms with Crippen molar-refractivity contribution in [1.82, 2.24) is 0 Å². The number of primary amides is 1. The maximum atomic E-state index is 10.7. The van der Waals surface area contributed by atoms with Gasteiger partial charge in [-0.2, -0.15) is 0 Å². The molecule has 0 saturated carbocycles. The van der Waals surface area contributed by atoms with Gasteiger partial charge >= 0.3 is 0 Å². The molecule has 1 amide bonds. The summed E-state index contributed by atoms with van der Waals surface area (Å²) in [6.45, 7) is 6.01. The Morgan fingerprint density at radius 1 is 1.27 bits per heavy atom. The third kappa shape index (κ3) is 5.18. The third-order valence-electron chi connectivity index (χ3n) is 1.94. The van der Waals surface area contributed by atoms with Crippen molar-refractivity contribution in [2.45, 2.75) is 33.2 Å². The van der Waals surface area contributed by atoms with Crippen LogP contribution in [0.15, 0.2) is 24.3 Å². The molecule has 0 aromatic heterocycles. The SMILES string of the molecule is CC.Cc1ccc(CC(N)C(N)=O)cc1. The number of carbonyl (C=O) groups excluding carboxylic acids is 1. The number of hydrogen-bond acceptors (Lipinski definition) is 2. The van der Waals surface area contributed by atoms with Crippen LogP contribution < -0.4 is 11.5 Å². The first-order valence-corrected chi connectivity index (χ1v) is 5.20. The van der Waals surface area contributed by atoms with Crippen LogP contribution in [-0.4, -0.2) is 11.9 Å². The average Bonchev–Trinajstić information content (AvgIpc) is 2.24. The van der Waals surface area contributed by atoms with Crippen LogP contribution >= 0.6 is 0 Å². The van der Waals surface area contributed by atoms with E-state index in [-0.39, 0.29) is 0 Å². The summed E-state index contributed by atoms with van der Waals surface area (Å²) in [5.41, 5.74) is 12.8. The summed E-state index contributed by atoms with van der Waals surface area (Å²) in [5.74, 6) is -0.458. The first-order valence-electron chi connectivity index (χ1n) is 5.20. The van der Waals surface area contributed by atoms with Gasteiger partial charge in [0.25, 0.3) is 0 Å². The third-order valence-corrected chi connectivity index (χ3v) is 1.94. The number of nitrogens with two attached hydrogens (primary N) is 2. The molecule has 0 aliphatic heterocycles. The molecule has 0 radical (unpaired) electrons. The van der Waals surface area contributed by atoms with E-state index < -0.39 is 11.9 Å². The first-order chi connectivity index (χ1) is 7.09. The molecule has 0 spiro atoms. The largest absolute Gasteiger partial charge is 0.368 e. The van der Waals surface area contributed by atoms with E-state index in [0.29, 0.717) is 6.42 Å². The average molecular weight is 208 g/mol. The first kappa shape index (κ1) is 13.7. The number of carbonyl (C=O) groups is 1. The Morgan fingerprint density at radius 2 is 1.73 bits per heavy atom. The summed E-state index contributed by atoms with van der Waals surface area (Å²) in [4.78, 5) is 10.7. The van der Waals surface area contributed by atoms with Gasteiger partial charge in [0.15, 0.2) is 0 Å². The van der Waals surface area contributed by atoms with Gasteiger partial charge in [-0.1, -0.05) is 43.7 Å². The van der Waals surface area contributed by atoms with E-state index in [4.69, 9.17) is 11.5 Å². The summed E-state index contributed by atoms with van der Waals surface area (Å²) in [6.07, 6.45) is 0.510. The quantitative estimate of drug-likeness (QED) is 0.787. The lowest BCUT2D eigenvalue weighted by Crippen LogP contribution is -2.38. The molecule has 1 unspecified atom stereocenters. The Kier molecular flexibility index (Phi) is 6.38. The summed E-state index contributed by atoms with van der Waals surface area (Å²) in [5, 5.41) is 0. The van der Waals surface area contributed by atoms with E-state index in [9.17, 15) is 4.79 Å². The van der Waals surface area contributed by atoms with Crippen molar-refractivity contribution in [3.63, 3.8) is 0 Å². The summed E-state index contributed by atoms with van der Waals surface area (Å²) < 4.78 is 0. The standard InChI is InChI=1S/C10H14N2O.C2H6/c1-7-2-4-8(5-3-7)6-9(11)10(12)13;1-2/h2-5,9H,6,11H2,1H3,(H2,12,13);1-2H3. The van der Waals surface area contributed by atoms with Crippen molar-refractivity contribution in [2.75, 3.05) is 0 Å². The van der Waals surface area contributed by atoms with Crippen LogP contribution in [0.4, 0.5) is 0 Å². The number of rotatable bonds is 3. The summed E-state index contributed by atoms with van der Waals surface area (Å²) in [6, 6.07) is 7.31. The van der Waals surface area contributed by atoms with E-state index >= 15 is 0 Å². The van der Waals surface area contributed by atoms with E-state index in [1.165, 1.54) is 5.56 Å². The minimum atomic E-state index is -0.581. The molecule has 84 valence electrons. The van der Waals surface area contributed by atoms with E-state index in [1.54, 1.807) is 0 Å². The summed E-state index contributed by atoms with van der Waals surface area (Å²) in [7, 11) is 0. The van der Waals surface area contributed by atoms with E-state index in [1.807, 2.05) is 45.0 Å². The predicted octanol–water partition coefficient (Wildman–Crippen LogP) is 1.38. The molecule has 15 heavy (non-hydrogen) atoms. The number of amides is 1. The van der Waals surface area contributed by atoms with Crippen molar-refractivity contribution >= 4 is 5.91 Å². The Morgan fingerprint density at radius 3 is 2.13 bits per heavy atom. The molecule has 1 atom stereocenters. The second kappa shape index (κ2) is 7.01. The van der Waals surface area contributed by atoms with Crippen LogP contribution in [0.3, 0.4) is 0 Å². The smallest absolute Gasteiger partial charge is 0.234 e. The molecule has 0 aliphatic rings. The predicted molar refractivity (Wildman–Crippen MR) is 63.4 cm³/mol. The second-order valence-electron chi connectivity index (χ2n) is 3.20. The molecule has 3 nitrogen and oxygen atoms in total. The van der Waals surface area contributed by atoms with Crippen LogP contribution in [0, 0.1) is 6.92 Å². The van der Waals surface area contributed by atoms with Crippen molar-refractivity contribution < 1.29 is 4.79 Å². The normalized spacial score (nSPS) is 11.2. The molecule has 3 heteroatoms. The molecule has 0 bridgehead atoms. The van der Waals surface area contributed by atoms with Crippen LogP contribution in [0.5, 0.6) is 0 Å². The fourth-order valence-corrected chi connectivity index (χ4v) is 1.08. The van der Waals surface area contributed by atoms with E-state index in [0.717, 1.165) is 5.56 Å². The van der Waals surface area contributed by atoms with Crippen molar-refractivity contribution in [3.05, 3.63) is 35.4 Å². The van der Waals surface area contributed by atoms with Gasteiger partial charge in [0.2, 0.25) is 5.91 Å². The second-order valence-corrected chi connectivity index (χ2v) is 3.20.